The summed E-state index contributed by atoms with van der Waals surface area (Å²) in [5.41, 5.74) is 2.00. The first-order valence-electron chi connectivity index (χ1n) is 9.15. The van der Waals surface area contributed by atoms with E-state index in [4.69, 9.17) is 0 Å². The van der Waals surface area contributed by atoms with Crippen molar-refractivity contribution < 1.29 is 14.4 Å². The molecule has 0 bridgehead atoms. The van der Waals surface area contributed by atoms with Gasteiger partial charge in [0.2, 0.25) is 17.7 Å². The molecule has 1 fully saturated rings. The van der Waals surface area contributed by atoms with Crippen LogP contribution in [0.3, 0.4) is 0 Å². The number of carbonyl (C=O) groups is 3. The van der Waals surface area contributed by atoms with Crippen LogP contribution in [-0.4, -0.2) is 42.9 Å². The Balaban J connectivity index is 1.43. The lowest BCUT2D eigenvalue weighted by Gasteiger charge is -2.23. The standard InChI is InChI=1S/C19H23N5O3/c20-10-14(8-13-5-3-7-21-18(13)26)23-17(25)11-22-19(27)16-9-12-4-1-2-6-15(12)24-16/h1-2,4,6,13-14,16,24H,3,5,7-9,11H2,(H,21,26)(H,22,27)(H,23,25)/t13-,14-,16?/m0/s1. The van der Waals surface area contributed by atoms with Crippen LogP contribution >= 0.6 is 0 Å². The molecule has 2 aliphatic heterocycles. The van der Waals surface area contributed by atoms with Crippen molar-refractivity contribution in [1.29, 1.82) is 5.26 Å². The lowest BCUT2D eigenvalue weighted by atomic mass is 9.92. The van der Waals surface area contributed by atoms with E-state index < -0.39 is 18.0 Å². The minimum absolute atomic E-state index is 0.0732. The smallest absolute Gasteiger partial charge is 0.243 e. The molecule has 0 aliphatic carbocycles. The summed E-state index contributed by atoms with van der Waals surface area (Å²) in [6, 6.07) is 8.54. The van der Waals surface area contributed by atoms with Crippen molar-refractivity contribution in [2.24, 2.45) is 5.92 Å². The maximum Gasteiger partial charge on any atom is 0.243 e. The molecule has 1 aromatic rings. The van der Waals surface area contributed by atoms with E-state index in [-0.39, 0.29) is 30.7 Å². The van der Waals surface area contributed by atoms with Crippen LogP contribution in [0.5, 0.6) is 0 Å². The highest BCUT2D eigenvalue weighted by Crippen LogP contribution is 2.25. The number of carbonyl (C=O) groups excluding carboxylic acids is 3. The molecule has 2 heterocycles. The normalized spacial score (nSPS) is 21.8. The fourth-order valence-corrected chi connectivity index (χ4v) is 3.48. The predicted octanol–water partition coefficient (Wildman–Crippen LogP) is 0.0641. The third kappa shape index (κ3) is 4.76. The van der Waals surface area contributed by atoms with Crippen LogP contribution in [0.4, 0.5) is 5.69 Å². The molecule has 0 aromatic heterocycles. The highest BCUT2D eigenvalue weighted by molar-refractivity contribution is 5.91. The Morgan fingerprint density at radius 2 is 2.15 bits per heavy atom. The molecule has 4 N–H and O–H groups in total. The summed E-state index contributed by atoms with van der Waals surface area (Å²) in [5, 5.41) is 20.3. The number of fused-ring (bicyclic) bond motifs is 1. The van der Waals surface area contributed by atoms with Crippen molar-refractivity contribution in [3.63, 3.8) is 0 Å². The topological polar surface area (TPSA) is 123 Å². The molecule has 142 valence electrons. The second-order valence-electron chi connectivity index (χ2n) is 6.89. The molecule has 1 saturated heterocycles. The van der Waals surface area contributed by atoms with Gasteiger partial charge in [0, 0.05) is 24.6 Å². The Kier molecular flexibility index (Phi) is 5.91. The summed E-state index contributed by atoms with van der Waals surface area (Å²) in [6.07, 6.45) is 2.43. The van der Waals surface area contributed by atoms with E-state index in [1.54, 1.807) is 0 Å². The number of nitrogens with zero attached hydrogens (tertiary/aromatic N) is 1. The van der Waals surface area contributed by atoms with Crippen molar-refractivity contribution in [1.82, 2.24) is 16.0 Å². The van der Waals surface area contributed by atoms with E-state index in [9.17, 15) is 19.6 Å². The number of nitriles is 1. The summed E-state index contributed by atoms with van der Waals surface area (Å²) in [6.45, 7) is 0.451. The lowest BCUT2D eigenvalue weighted by molar-refractivity contribution is -0.128. The minimum atomic E-state index is -0.753. The number of anilines is 1. The van der Waals surface area contributed by atoms with Gasteiger partial charge in [-0.2, -0.15) is 5.26 Å². The molecule has 8 nitrogen and oxygen atoms in total. The zero-order valence-electron chi connectivity index (χ0n) is 15.0. The molecular weight excluding hydrogens is 346 g/mol. The van der Waals surface area contributed by atoms with Gasteiger partial charge in [0.05, 0.1) is 12.6 Å². The molecule has 0 spiro atoms. The molecule has 27 heavy (non-hydrogen) atoms. The minimum Gasteiger partial charge on any atom is -0.373 e. The fourth-order valence-electron chi connectivity index (χ4n) is 3.48. The highest BCUT2D eigenvalue weighted by Gasteiger charge is 2.28. The third-order valence-corrected chi connectivity index (χ3v) is 4.92. The van der Waals surface area contributed by atoms with Crippen LogP contribution in [0, 0.1) is 17.2 Å². The largest absolute Gasteiger partial charge is 0.373 e. The Bertz CT molecular complexity index is 748. The maximum atomic E-state index is 12.3. The zero-order chi connectivity index (χ0) is 19.2. The number of rotatable bonds is 6. The van der Waals surface area contributed by atoms with Crippen molar-refractivity contribution in [3.8, 4) is 6.07 Å². The van der Waals surface area contributed by atoms with Gasteiger partial charge in [-0.3, -0.25) is 14.4 Å². The second-order valence-corrected chi connectivity index (χ2v) is 6.89. The van der Waals surface area contributed by atoms with Crippen LogP contribution < -0.4 is 21.3 Å². The molecular formula is C19H23N5O3. The van der Waals surface area contributed by atoms with Gasteiger partial charge in [-0.15, -0.1) is 0 Å². The van der Waals surface area contributed by atoms with E-state index in [0.29, 0.717) is 19.4 Å². The van der Waals surface area contributed by atoms with E-state index in [0.717, 1.165) is 17.7 Å². The number of hydrogen-bond acceptors (Lipinski definition) is 5. The van der Waals surface area contributed by atoms with E-state index in [1.807, 2.05) is 30.3 Å². The second kappa shape index (κ2) is 8.54. The number of benzene rings is 1. The average Bonchev–Trinajstić information content (AvgIpc) is 3.11. The van der Waals surface area contributed by atoms with Gasteiger partial charge in [0.1, 0.15) is 12.1 Å². The maximum absolute atomic E-state index is 12.3. The van der Waals surface area contributed by atoms with Gasteiger partial charge in [-0.05, 0) is 30.9 Å². The lowest BCUT2D eigenvalue weighted by Crippen LogP contribution is -2.47. The molecule has 0 radical (unpaired) electrons. The van der Waals surface area contributed by atoms with Gasteiger partial charge in [-0.1, -0.05) is 18.2 Å². The van der Waals surface area contributed by atoms with Crippen molar-refractivity contribution in [2.45, 2.75) is 37.8 Å². The van der Waals surface area contributed by atoms with E-state index in [1.165, 1.54) is 0 Å². The molecule has 8 heteroatoms. The molecule has 3 rings (SSSR count). The Hall–Kier alpha value is -3.08. The van der Waals surface area contributed by atoms with Gasteiger partial charge in [-0.25, -0.2) is 0 Å². The van der Waals surface area contributed by atoms with Crippen molar-refractivity contribution >= 4 is 23.4 Å². The Labute approximate surface area is 157 Å². The fraction of sp³-hybridized carbons (Fsp3) is 0.474. The number of nitrogens with one attached hydrogen (secondary N) is 4. The van der Waals surface area contributed by atoms with Gasteiger partial charge in [0.15, 0.2) is 0 Å². The Morgan fingerprint density at radius 1 is 1.33 bits per heavy atom. The van der Waals surface area contributed by atoms with Crippen LogP contribution in [0.2, 0.25) is 0 Å². The molecule has 0 saturated carbocycles. The van der Waals surface area contributed by atoms with Crippen molar-refractivity contribution in [2.75, 3.05) is 18.4 Å². The monoisotopic (exact) mass is 369 g/mol. The summed E-state index contributed by atoms with van der Waals surface area (Å²) in [4.78, 5) is 36.1. The molecule has 1 unspecified atom stereocenters. The summed E-state index contributed by atoms with van der Waals surface area (Å²) in [5.74, 6) is -1.04. The number of amides is 3. The highest BCUT2D eigenvalue weighted by atomic mass is 16.2. The Morgan fingerprint density at radius 3 is 2.89 bits per heavy atom. The SMILES string of the molecule is N#C[C@H](C[C@@H]1CCCNC1=O)NC(=O)CNC(=O)C1Cc2ccccc2N1. The molecule has 2 aliphatic rings. The number of hydrogen-bond donors (Lipinski definition) is 4. The van der Waals surface area contributed by atoms with Crippen LogP contribution in [0.15, 0.2) is 24.3 Å². The first kappa shape index (κ1) is 18.7. The predicted molar refractivity (Wildman–Crippen MR) is 98.5 cm³/mol. The quantitative estimate of drug-likeness (QED) is 0.565. The van der Waals surface area contributed by atoms with E-state index in [2.05, 4.69) is 21.3 Å². The molecule has 1 aromatic carbocycles. The zero-order valence-corrected chi connectivity index (χ0v) is 15.0. The average molecular weight is 369 g/mol. The molecule has 3 amide bonds. The van der Waals surface area contributed by atoms with Gasteiger partial charge in [0.25, 0.3) is 0 Å². The first-order chi connectivity index (χ1) is 13.1. The van der Waals surface area contributed by atoms with Crippen LogP contribution in [-0.2, 0) is 20.8 Å². The van der Waals surface area contributed by atoms with Gasteiger partial charge < -0.3 is 21.3 Å². The third-order valence-electron chi connectivity index (χ3n) is 4.92. The summed E-state index contributed by atoms with van der Waals surface area (Å²) >= 11 is 0. The summed E-state index contributed by atoms with van der Waals surface area (Å²) in [7, 11) is 0. The van der Waals surface area contributed by atoms with Crippen LogP contribution in [0.25, 0.3) is 0 Å². The first-order valence-corrected chi connectivity index (χ1v) is 9.15. The number of piperidine rings is 1. The van der Waals surface area contributed by atoms with Crippen LogP contribution in [0.1, 0.15) is 24.8 Å². The van der Waals surface area contributed by atoms with Gasteiger partial charge >= 0.3 is 0 Å². The van der Waals surface area contributed by atoms with E-state index >= 15 is 0 Å². The molecule has 3 atom stereocenters. The van der Waals surface area contributed by atoms with Crippen molar-refractivity contribution in [3.05, 3.63) is 29.8 Å². The summed E-state index contributed by atoms with van der Waals surface area (Å²) < 4.78 is 0. The number of para-hydroxylation sites is 1.